The summed E-state index contributed by atoms with van der Waals surface area (Å²) >= 11 is 1.41. The predicted octanol–water partition coefficient (Wildman–Crippen LogP) is 4.91. The van der Waals surface area contributed by atoms with Gasteiger partial charge in [0.25, 0.3) is 0 Å². The van der Waals surface area contributed by atoms with E-state index in [1.54, 1.807) is 24.3 Å². The Labute approximate surface area is 178 Å². The molecule has 150 valence electrons. The van der Waals surface area contributed by atoms with Gasteiger partial charge in [0, 0.05) is 28.3 Å². The van der Waals surface area contributed by atoms with E-state index in [1.807, 2.05) is 54.6 Å². The number of hydrogen-bond acceptors (Lipinski definition) is 4. The summed E-state index contributed by atoms with van der Waals surface area (Å²) in [6.07, 6.45) is 1.73. The Morgan fingerprint density at radius 1 is 0.800 bits per heavy atom. The van der Waals surface area contributed by atoms with E-state index < -0.39 is 11.9 Å². The molecule has 0 aliphatic rings. The standard InChI is InChI=1S/C24H19NO4S/c26-22(19-8-6-18(7-9-19)17-4-2-1-3-5-17)16-30-21-12-10-20(11-13-21)25-23(27)14-15-24(28)29/h1-15H,16H2,(H,25,27)(H,28,29)/b15-14+. The normalized spacial score (nSPS) is 10.7. The van der Waals surface area contributed by atoms with E-state index in [4.69, 9.17) is 5.11 Å². The average molecular weight is 417 g/mol. The van der Waals surface area contributed by atoms with Crippen molar-refractivity contribution in [1.29, 1.82) is 0 Å². The van der Waals surface area contributed by atoms with Crippen molar-refractivity contribution in [3.05, 3.63) is 96.6 Å². The highest BCUT2D eigenvalue weighted by Gasteiger charge is 2.08. The van der Waals surface area contributed by atoms with Crippen LogP contribution in [-0.4, -0.2) is 28.5 Å². The molecule has 0 aromatic heterocycles. The minimum Gasteiger partial charge on any atom is -0.478 e. The molecule has 0 fully saturated rings. The summed E-state index contributed by atoms with van der Waals surface area (Å²) in [6.45, 7) is 0. The highest BCUT2D eigenvalue weighted by atomic mass is 32.2. The number of carboxylic acids is 1. The number of amides is 1. The van der Waals surface area contributed by atoms with Gasteiger partial charge < -0.3 is 10.4 Å². The van der Waals surface area contributed by atoms with Crippen LogP contribution >= 0.6 is 11.8 Å². The van der Waals surface area contributed by atoms with Crippen LogP contribution in [0.4, 0.5) is 5.69 Å². The number of thioether (sulfide) groups is 1. The van der Waals surface area contributed by atoms with Crippen molar-refractivity contribution < 1.29 is 19.5 Å². The Balaban J connectivity index is 1.53. The lowest BCUT2D eigenvalue weighted by Crippen LogP contribution is -2.08. The number of ketones is 1. The molecule has 2 N–H and O–H groups in total. The highest BCUT2D eigenvalue weighted by molar-refractivity contribution is 8.00. The minimum atomic E-state index is -1.18. The van der Waals surface area contributed by atoms with Gasteiger partial charge in [0.2, 0.25) is 5.91 Å². The third kappa shape index (κ3) is 6.18. The molecule has 1 amide bonds. The molecule has 0 saturated carbocycles. The molecular weight excluding hydrogens is 398 g/mol. The van der Waals surface area contributed by atoms with Crippen LogP contribution in [0.15, 0.2) is 95.9 Å². The Hall–Kier alpha value is -3.64. The molecule has 0 aliphatic heterocycles. The number of aliphatic carboxylic acids is 1. The maximum atomic E-state index is 12.5. The van der Waals surface area contributed by atoms with Gasteiger partial charge in [-0.05, 0) is 35.4 Å². The van der Waals surface area contributed by atoms with Crippen molar-refractivity contribution in [3.63, 3.8) is 0 Å². The lowest BCUT2D eigenvalue weighted by Gasteiger charge is -2.06. The lowest BCUT2D eigenvalue weighted by atomic mass is 10.0. The van der Waals surface area contributed by atoms with Gasteiger partial charge in [-0.15, -0.1) is 11.8 Å². The van der Waals surface area contributed by atoms with E-state index in [0.717, 1.165) is 28.2 Å². The summed E-state index contributed by atoms with van der Waals surface area (Å²) in [7, 11) is 0. The van der Waals surface area contributed by atoms with Crippen LogP contribution in [-0.2, 0) is 9.59 Å². The number of anilines is 1. The zero-order valence-electron chi connectivity index (χ0n) is 15.9. The van der Waals surface area contributed by atoms with E-state index >= 15 is 0 Å². The molecular formula is C24H19NO4S. The van der Waals surface area contributed by atoms with Crippen molar-refractivity contribution in [3.8, 4) is 11.1 Å². The Bertz CT molecular complexity index is 1060. The highest BCUT2D eigenvalue weighted by Crippen LogP contribution is 2.23. The molecule has 0 bridgehead atoms. The van der Waals surface area contributed by atoms with Gasteiger partial charge in [-0.2, -0.15) is 0 Å². The van der Waals surface area contributed by atoms with Gasteiger partial charge in [0.05, 0.1) is 5.75 Å². The third-order valence-electron chi connectivity index (χ3n) is 4.18. The third-order valence-corrected chi connectivity index (χ3v) is 5.20. The molecule has 3 aromatic carbocycles. The molecule has 0 aliphatic carbocycles. The average Bonchev–Trinajstić information content (AvgIpc) is 2.78. The van der Waals surface area contributed by atoms with Crippen LogP contribution in [0, 0.1) is 0 Å². The largest absolute Gasteiger partial charge is 0.478 e. The molecule has 6 heteroatoms. The molecule has 0 atom stereocenters. The van der Waals surface area contributed by atoms with Gasteiger partial charge in [-0.1, -0.05) is 54.6 Å². The van der Waals surface area contributed by atoms with Crippen LogP contribution in [0.3, 0.4) is 0 Å². The second-order valence-electron chi connectivity index (χ2n) is 6.34. The first kappa shape index (κ1) is 21.1. The monoisotopic (exact) mass is 417 g/mol. The van der Waals surface area contributed by atoms with E-state index in [0.29, 0.717) is 17.0 Å². The van der Waals surface area contributed by atoms with Gasteiger partial charge in [-0.3, -0.25) is 9.59 Å². The van der Waals surface area contributed by atoms with E-state index in [-0.39, 0.29) is 5.78 Å². The first-order valence-corrected chi connectivity index (χ1v) is 10.1. The Morgan fingerprint density at radius 2 is 1.43 bits per heavy atom. The van der Waals surface area contributed by atoms with Crippen LogP contribution < -0.4 is 5.32 Å². The fourth-order valence-corrected chi connectivity index (χ4v) is 3.47. The zero-order chi connectivity index (χ0) is 21.3. The first-order valence-electron chi connectivity index (χ1n) is 9.15. The van der Waals surface area contributed by atoms with Crippen molar-refractivity contribution in [1.82, 2.24) is 0 Å². The second kappa shape index (κ2) is 10.2. The number of Topliss-reactive ketones (excluding diaryl/α,β-unsaturated/α-hetero) is 1. The van der Waals surface area contributed by atoms with Crippen molar-refractivity contribution in [2.75, 3.05) is 11.1 Å². The molecule has 0 unspecified atom stereocenters. The number of nitrogens with one attached hydrogen (secondary N) is 1. The summed E-state index contributed by atoms with van der Waals surface area (Å²) in [4.78, 5) is 35.4. The quantitative estimate of drug-likeness (QED) is 0.309. The van der Waals surface area contributed by atoms with Gasteiger partial charge in [-0.25, -0.2) is 4.79 Å². The molecule has 30 heavy (non-hydrogen) atoms. The second-order valence-corrected chi connectivity index (χ2v) is 7.39. The maximum Gasteiger partial charge on any atom is 0.328 e. The minimum absolute atomic E-state index is 0.0378. The van der Waals surface area contributed by atoms with Crippen LogP contribution in [0.5, 0.6) is 0 Å². The Morgan fingerprint density at radius 3 is 2.07 bits per heavy atom. The number of benzene rings is 3. The molecule has 0 spiro atoms. The van der Waals surface area contributed by atoms with Gasteiger partial charge in [0.1, 0.15) is 0 Å². The van der Waals surface area contributed by atoms with E-state index in [1.165, 1.54) is 11.8 Å². The van der Waals surface area contributed by atoms with E-state index in [9.17, 15) is 14.4 Å². The number of carbonyl (C=O) groups is 3. The van der Waals surface area contributed by atoms with Gasteiger partial charge >= 0.3 is 5.97 Å². The van der Waals surface area contributed by atoms with Crippen LogP contribution in [0.2, 0.25) is 0 Å². The van der Waals surface area contributed by atoms with Crippen LogP contribution in [0.1, 0.15) is 10.4 Å². The Kier molecular flexibility index (Phi) is 7.19. The summed E-state index contributed by atoms with van der Waals surface area (Å²) in [5.74, 6) is -1.36. The van der Waals surface area contributed by atoms with Crippen molar-refractivity contribution in [2.24, 2.45) is 0 Å². The number of carboxylic acid groups (broad SMARTS) is 1. The summed E-state index contributed by atoms with van der Waals surface area (Å²) < 4.78 is 0. The number of carbonyl (C=O) groups excluding carboxylic acids is 2. The number of hydrogen-bond donors (Lipinski definition) is 2. The molecule has 3 rings (SSSR count). The summed E-state index contributed by atoms with van der Waals surface area (Å²) in [5.41, 5.74) is 3.38. The molecule has 5 nitrogen and oxygen atoms in total. The molecule has 0 heterocycles. The molecule has 0 radical (unpaired) electrons. The molecule has 0 saturated heterocycles. The predicted molar refractivity (Wildman–Crippen MR) is 119 cm³/mol. The fraction of sp³-hybridized carbons (Fsp3) is 0.0417. The summed E-state index contributed by atoms with van der Waals surface area (Å²) in [5, 5.41) is 11.1. The maximum absolute atomic E-state index is 12.5. The molecule has 3 aromatic rings. The van der Waals surface area contributed by atoms with Gasteiger partial charge in [0.15, 0.2) is 5.78 Å². The number of rotatable bonds is 8. The lowest BCUT2D eigenvalue weighted by molar-refractivity contribution is -0.131. The zero-order valence-corrected chi connectivity index (χ0v) is 16.8. The first-order chi connectivity index (χ1) is 14.5. The van der Waals surface area contributed by atoms with Crippen molar-refractivity contribution in [2.45, 2.75) is 4.90 Å². The SMILES string of the molecule is O=C(O)/C=C/C(=O)Nc1ccc(SCC(=O)c2ccc(-c3ccccc3)cc2)cc1. The van der Waals surface area contributed by atoms with Crippen molar-refractivity contribution >= 4 is 35.1 Å². The fourth-order valence-electron chi connectivity index (χ4n) is 2.68. The van der Waals surface area contributed by atoms with E-state index in [2.05, 4.69) is 5.32 Å². The topological polar surface area (TPSA) is 83.5 Å². The summed E-state index contributed by atoms with van der Waals surface area (Å²) in [6, 6.07) is 24.6. The smallest absolute Gasteiger partial charge is 0.328 e. The van der Waals surface area contributed by atoms with Crippen LogP contribution in [0.25, 0.3) is 11.1 Å².